The Balaban J connectivity index is 2.31. The Hall–Kier alpha value is -1.13. The molecule has 1 saturated heterocycles. The fourth-order valence-electron chi connectivity index (χ4n) is 2.39. The summed E-state index contributed by atoms with van der Waals surface area (Å²) in [6.45, 7) is 3.15. The van der Waals surface area contributed by atoms with Gasteiger partial charge in [-0.15, -0.1) is 0 Å². The first kappa shape index (κ1) is 12.3. The van der Waals surface area contributed by atoms with E-state index < -0.39 is 6.10 Å². The van der Waals surface area contributed by atoms with Crippen LogP contribution in [0.15, 0.2) is 18.2 Å². The summed E-state index contributed by atoms with van der Waals surface area (Å²) in [7, 11) is 0. The van der Waals surface area contributed by atoms with Gasteiger partial charge in [0.05, 0.1) is 11.8 Å². The molecule has 0 aliphatic carbocycles. The maximum absolute atomic E-state index is 13.9. The third-order valence-corrected chi connectivity index (χ3v) is 3.33. The molecule has 0 amide bonds. The lowest BCUT2D eigenvalue weighted by atomic mass is 10.1. The van der Waals surface area contributed by atoms with Crippen molar-refractivity contribution in [1.29, 1.82) is 0 Å². The molecule has 2 rings (SSSR count). The average Bonchev–Trinajstić information content (AvgIpc) is 2.76. The van der Waals surface area contributed by atoms with Crippen molar-refractivity contribution in [3.63, 3.8) is 0 Å². The lowest BCUT2D eigenvalue weighted by Crippen LogP contribution is -2.23. The van der Waals surface area contributed by atoms with Crippen LogP contribution in [0.3, 0.4) is 0 Å². The van der Waals surface area contributed by atoms with Crippen LogP contribution in [-0.4, -0.2) is 29.9 Å². The number of halogens is 1. The first-order chi connectivity index (χ1) is 8.13. The minimum Gasteiger partial charge on any atom is -0.396 e. The van der Waals surface area contributed by atoms with Crippen molar-refractivity contribution < 1.29 is 14.6 Å². The van der Waals surface area contributed by atoms with E-state index in [4.69, 9.17) is 5.11 Å². The van der Waals surface area contributed by atoms with Crippen LogP contribution >= 0.6 is 0 Å². The van der Waals surface area contributed by atoms with E-state index in [-0.39, 0.29) is 18.3 Å². The van der Waals surface area contributed by atoms with Gasteiger partial charge in [-0.2, -0.15) is 0 Å². The standard InChI is InChI=1S/C13H18FNO2/c1-9(17)11-3-2-4-12(14)13(11)15-6-5-10(7-15)8-16/h2-4,9-10,16-17H,5-8H2,1H3/t9-,10?/m0/s1. The first-order valence-corrected chi connectivity index (χ1v) is 5.95. The molecule has 1 aliphatic heterocycles. The number of hydrogen-bond acceptors (Lipinski definition) is 3. The van der Waals surface area contributed by atoms with E-state index in [1.807, 2.05) is 4.90 Å². The zero-order chi connectivity index (χ0) is 12.4. The Morgan fingerprint density at radius 2 is 2.29 bits per heavy atom. The summed E-state index contributed by atoms with van der Waals surface area (Å²) in [5.41, 5.74) is 1.10. The fraction of sp³-hybridized carbons (Fsp3) is 0.538. The minimum absolute atomic E-state index is 0.134. The lowest BCUT2D eigenvalue weighted by Gasteiger charge is -2.23. The van der Waals surface area contributed by atoms with E-state index in [2.05, 4.69) is 0 Å². The van der Waals surface area contributed by atoms with Gasteiger partial charge in [0, 0.05) is 31.2 Å². The van der Waals surface area contributed by atoms with Crippen molar-refractivity contribution in [1.82, 2.24) is 0 Å². The molecule has 94 valence electrons. The zero-order valence-electron chi connectivity index (χ0n) is 9.93. The molecule has 0 saturated carbocycles. The Kier molecular flexibility index (Phi) is 3.64. The molecular weight excluding hydrogens is 221 g/mol. The second kappa shape index (κ2) is 5.02. The van der Waals surface area contributed by atoms with Crippen molar-refractivity contribution in [3.8, 4) is 0 Å². The second-order valence-corrected chi connectivity index (χ2v) is 4.64. The third-order valence-electron chi connectivity index (χ3n) is 3.33. The Labute approximate surface area is 100 Å². The van der Waals surface area contributed by atoms with Crippen LogP contribution in [0.5, 0.6) is 0 Å². The van der Waals surface area contributed by atoms with Crippen LogP contribution < -0.4 is 4.90 Å². The van der Waals surface area contributed by atoms with Crippen LogP contribution in [0.2, 0.25) is 0 Å². The number of aliphatic hydroxyl groups is 2. The first-order valence-electron chi connectivity index (χ1n) is 5.95. The van der Waals surface area contributed by atoms with Crippen LogP contribution in [0.25, 0.3) is 0 Å². The topological polar surface area (TPSA) is 43.7 Å². The van der Waals surface area contributed by atoms with Crippen molar-refractivity contribution in [2.45, 2.75) is 19.4 Å². The van der Waals surface area contributed by atoms with Gasteiger partial charge in [0.15, 0.2) is 0 Å². The molecule has 2 atom stereocenters. The molecule has 3 nitrogen and oxygen atoms in total. The molecule has 0 aromatic heterocycles. The number of para-hydroxylation sites is 1. The van der Waals surface area contributed by atoms with E-state index in [1.54, 1.807) is 19.1 Å². The third kappa shape index (κ3) is 2.42. The number of anilines is 1. The lowest BCUT2D eigenvalue weighted by molar-refractivity contribution is 0.199. The summed E-state index contributed by atoms with van der Waals surface area (Å²) in [5.74, 6) is -0.0987. The van der Waals surface area contributed by atoms with E-state index in [9.17, 15) is 9.50 Å². The minimum atomic E-state index is -0.686. The van der Waals surface area contributed by atoms with Gasteiger partial charge < -0.3 is 15.1 Å². The molecule has 1 aromatic carbocycles. The van der Waals surface area contributed by atoms with Gasteiger partial charge in [0.2, 0.25) is 0 Å². The molecule has 0 radical (unpaired) electrons. The molecule has 2 N–H and O–H groups in total. The van der Waals surface area contributed by atoms with Crippen LogP contribution in [0.1, 0.15) is 25.0 Å². The summed E-state index contributed by atoms with van der Waals surface area (Å²) in [5, 5.41) is 18.8. The van der Waals surface area contributed by atoms with Gasteiger partial charge in [0.1, 0.15) is 5.82 Å². The quantitative estimate of drug-likeness (QED) is 0.843. The highest BCUT2D eigenvalue weighted by atomic mass is 19.1. The summed E-state index contributed by atoms with van der Waals surface area (Å²) >= 11 is 0. The van der Waals surface area contributed by atoms with Crippen molar-refractivity contribution >= 4 is 5.69 Å². The Bertz CT molecular complexity index is 395. The maximum atomic E-state index is 13.9. The number of aliphatic hydroxyl groups excluding tert-OH is 2. The SMILES string of the molecule is C[C@H](O)c1cccc(F)c1N1CCC(CO)C1. The van der Waals surface area contributed by atoms with E-state index in [1.165, 1.54) is 6.07 Å². The number of nitrogens with zero attached hydrogens (tertiary/aromatic N) is 1. The highest BCUT2D eigenvalue weighted by Crippen LogP contribution is 2.32. The van der Waals surface area contributed by atoms with Gasteiger partial charge in [-0.25, -0.2) is 4.39 Å². The summed E-state index contributed by atoms with van der Waals surface area (Å²) in [6, 6.07) is 4.77. The fourth-order valence-corrected chi connectivity index (χ4v) is 2.39. The molecule has 0 bridgehead atoms. The Morgan fingerprint density at radius 3 is 2.88 bits per heavy atom. The normalized spacial score (nSPS) is 21.9. The number of benzene rings is 1. The Morgan fingerprint density at radius 1 is 1.53 bits per heavy atom. The van der Waals surface area contributed by atoms with Gasteiger partial charge >= 0.3 is 0 Å². The molecule has 1 aromatic rings. The van der Waals surface area contributed by atoms with Gasteiger partial charge in [0.25, 0.3) is 0 Å². The highest BCUT2D eigenvalue weighted by Gasteiger charge is 2.26. The van der Waals surface area contributed by atoms with Crippen molar-refractivity contribution in [3.05, 3.63) is 29.6 Å². The smallest absolute Gasteiger partial charge is 0.146 e. The summed E-state index contributed by atoms with van der Waals surface area (Å²) in [6.07, 6.45) is 0.179. The van der Waals surface area contributed by atoms with Crippen molar-refractivity contribution in [2.75, 3.05) is 24.6 Å². The number of hydrogen-bond donors (Lipinski definition) is 2. The van der Waals surface area contributed by atoms with Crippen LogP contribution in [-0.2, 0) is 0 Å². The van der Waals surface area contributed by atoms with Crippen molar-refractivity contribution in [2.24, 2.45) is 5.92 Å². The summed E-state index contributed by atoms with van der Waals surface area (Å²) in [4.78, 5) is 1.91. The van der Waals surface area contributed by atoms with E-state index >= 15 is 0 Å². The monoisotopic (exact) mass is 239 g/mol. The molecular formula is C13H18FNO2. The van der Waals surface area contributed by atoms with Crippen LogP contribution in [0.4, 0.5) is 10.1 Å². The summed E-state index contributed by atoms with van der Waals surface area (Å²) < 4.78 is 13.9. The van der Waals surface area contributed by atoms with Gasteiger partial charge in [-0.1, -0.05) is 12.1 Å². The van der Waals surface area contributed by atoms with Crippen LogP contribution in [0, 0.1) is 11.7 Å². The van der Waals surface area contributed by atoms with E-state index in [0.717, 1.165) is 13.0 Å². The predicted molar refractivity (Wildman–Crippen MR) is 64.4 cm³/mol. The number of rotatable bonds is 3. The predicted octanol–water partition coefficient (Wildman–Crippen LogP) is 1.70. The largest absolute Gasteiger partial charge is 0.396 e. The molecule has 1 heterocycles. The highest BCUT2D eigenvalue weighted by molar-refractivity contribution is 5.56. The zero-order valence-corrected chi connectivity index (χ0v) is 9.93. The van der Waals surface area contributed by atoms with Gasteiger partial charge in [-0.05, 0) is 19.4 Å². The molecule has 1 unspecified atom stereocenters. The maximum Gasteiger partial charge on any atom is 0.146 e. The molecule has 4 heteroatoms. The second-order valence-electron chi connectivity index (χ2n) is 4.64. The molecule has 1 fully saturated rings. The molecule has 0 spiro atoms. The van der Waals surface area contributed by atoms with E-state index in [0.29, 0.717) is 17.8 Å². The van der Waals surface area contributed by atoms with Gasteiger partial charge in [-0.3, -0.25) is 0 Å². The molecule has 17 heavy (non-hydrogen) atoms. The average molecular weight is 239 g/mol. The molecule has 1 aliphatic rings.